The summed E-state index contributed by atoms with van der Waals surface area (Å²) in [5, 5.41) is 10.1. The molecular formula is C30H31ClN8O. The van der Waals surface area contributed by atoms with Crippen LogP contribution in [0.15, 0.2) is 73.2 Å². The van der Waals surface area contributed by atoms with E-state index in [9.17, 15) is 4.79 Å². The van der Waals surface area contributed by atoms with Gasteiger partial charge in [-0.15, -0.1) is 0 Å². The second kappa shape index (κ2) is 11.5. The molecular weight excluding hydrogens is 524 g/mol. The minimum absolute atomic E-state index is 0.109. The quantitative estimate of drug-likeness (QED) is 0.291. The molecule has 0 radical (unpaired) electrons. The third-order valence-electron chi connectivity index (χ3n) is 7.45. The number of benzene rings is 2. The summed E-state index contributed by atoms with van der Waals surface area (Å²) in [4.78, 5) is 30.8. The zero-order valence-electron chi connectivity index (χ0n) is 22.3. The molecule has 2 aliphatic rings. The van der Waals surface area contributed by atoms with E-state index in [0.717, 1.165) is 60.7 Å². The highest BCUT2D eigenvalue weighted by atomic mass is 35.5. The number of nitrogens with zero attached hydrogens (tertiary/aromatic N) is 5. The van der Waals surface area contributed by atoms with Gasteiger partial charge in [0.1, 0.15) is 5.02 Å². The van der Waals surface area contributed by atoms with Crippen molar-refractivity contribution < 1.29 is 4.79 Å². The van der Waals surface area contributed by atoms with Gasteiger partial charge in [-0.1, -0.05) is 41.9 Å². The molecule has 2 aromatic heterocycles. The first kappa shape index (κ1) is 26.0. The second-order valence-corrected chi connectivity index (χ2v) is 10.7. The molecule has 0 saturated carbocycles. The molecule has 3 N–H and O–H groups in total. The number of carbonyl (C=O) groups excluding carboxylic acids is 1. The summed E-state index contributed by atoms with van der Waals surface area (Å²) in [6, 6.07) is 18.4. The Kier molecular flexibility index (Phi) is 7.48. The first-order chi connectivity index (χ1) is 19.5. The molecule has 40 heavy (non-hydrogen) atoms. The molecule has 2 amide bonds. The Hall–Kier alpha value is -4.21. The molecule has 1 saturated heterocycles. The summed E-state index contributed by atoms with van der Waals surface area (Å²) >= 11 is 6.39. The molecule has 0 aliphatic carbocycles. The van der Waals surface area contributed by atoms with E-state index in [-0.39, 0.29) is 12.1 Å². The van der Waals surface area contributed by atoms with Gasteiger partial charge in [0, 0.05) is 50.3 Å². The number of anilines is 5. The maximum atomic E-state index is 13.4. The maximum absolute atomic E-state index is 13.4. The lowest BCUT2D eigenvalue weighted by molar-refractivity contribution is 0.201. The van der Waals surface area contributed by atoms with Crippen LogP contribution < -0.4 is 16.0 Å². The number of rotatable bonds is 4. The Balaban J connectivity index is 1.20. The Morgan fingerprint density at radius 1 is 1.07 bits per heavy atom. The van der Waals surface area contributed by atoms with Gasteiger partial charge < -0.3 is 20.9 Å². The van der Waals surface area contributed by atoms with Crippen molar-refractivity contribution in [1.29, 1.82) is 0 Å². The van der Waals surface area contributed by atoms with Crippen molar-refractivity contribution in [2.75, 3.05) is 36.1 Å². The fraction of sp³-hybridized carbons (Fsp3) is 0.267. The lowest BCUT2D eigenvalue weighted by Gasteiger charge is -2.26. The average Bonchev–Trinajstić information content (AvgIpc) is 3.43. The van der Waals surface area contributed by atoms with Crippen molar-refractivity contribution >= 4 is 46.5 Å². The van der Waals surface area contributed by atoms with Gasteiger partial charge in [-0.2, -0.15) is 4.98 Å². The second-order valence-electron chi connectivity index (χ2n) is 10.3. The van der Waals surface area contributed by atoms with E-state index in [1.54, 1.807) is 12.4 Å². The largest absolute Gasteiger partial charge is 0.339 e. The highest BCUT2D eigenvalue weighted by molar-refractivity contribution is 6.32. The number of amides is 2. The predicted octanol–water partition coefficient (Wildman–Crippen LogP) is 5.85. The van der Waals surface area contributed by atoms with E-state index in [1.807, 2.05) is 48.5 Å². The zero-order valence-corrected chi connectivity index (χ0v) is 23.0. The SMILES string of the molecule is CN(C(=O)Nc1ccc2cc1CCc1cncc(c1)Nc1ncc(Cl)c(n1)N2)[C@H]1CCN(Cc2ccccc2)C1. The Morgan fingerprint density at radius 2 is 1.95 bits per heavy atom. The molecule has 6 rings (SSSR count). The molecule has 6 bridgehead atoms. The van der Waals surface area contributed by atoms with Gasteiger partial charge in [0.2, 0.25) is 5.95 Å². The number of fused-ring (bicyclic) bond motifs is 6. The summed E-state index contributed by atoms with van der Waals surface area (Å²) in [5.74, 6) is 0.915. The highest BCUT2D eigenvalue weighted by Gasteiger charge is 2.28. The molecule has 0 unspecified atom stereocenters. The first-order valence-electron chi connectivity index (χ1n) is 13.4. The van der Waals surface area contributed by atoms with Gasteiger partial charge in [-0.3, -0.25) is 9.88 Å². The van der Waals surface area contributed by atoms with E-state index in [4.69, 9.17) is 11.6 Å². The van der Waals surface area contributed by atoms with Crippen molar-refractivity contribution in [2.45, 2.75) is 31.8 Å². The molecule has 4 heterocycles. The number of urea groups is 1. The van der Waals surface area contributed by atoms with E-state index in [0.29, 0.717) is 23.2 Å². The van der Waals surface area contributed by atoms with Gasteiger partial charge in [0.15, 0.2) is 5.82 Å². The van der Waals surface area contributed by atoms with E-state index < -0.39 is 0 Å². The van der Waals surface area contributed by atoms with Crippen LogP contribution in [0.2, 0.25) is 5.02 Å². The number of nitrogens with one attached hydrogen (secondary N) is 3. The summed E-state index contributed by atoms with van der Waals surface area (Å²) in [6.45, 7) is 2.72. The van der Waals surface area contributed by atoms with Crippen molar-refractivity contribution in [3.63, 3.8) is 0 Å². The first-order valence-corrected chi connectivity index (χ1v) is 13.8. The monoisotopic (exact) mass is 554 g/mol. The number of carbonyl (C=O) groups is 1. The number of halogens is 1. The maximum Gasteiger partial charge on any atom is 0.321 e. The molecule has 204 valence electrons. The fourth-order valence-electron chi connectivity index (χ4n) is 5.24. The number of hydrogen-bond donors (Lipinski definition) is 3. The summed E-state index contributed by atoms with van der Waals surface area (Å²) in [5.41, 5.74) is 5.77. The van der Waals surface area contributed by atoms with E-state index in [2.05, 4.69) is 60.1 Å². The molecule has 0 spiro atoms. The fourth-order valence-corrected chi connectivity index (χ4v) is 5.37. The Bertz CT molecular complexity index is 1520. The molecule has 1 fully saturated rings. The van der Waals surface area contributed by atoms with Crippen LogP contribution in [-0.2, 0) is 19.4 Å². The third kappa shape index (κ3) is 6.00. The molecule has 2 aromatic carbocycles. The number of likely N-dealkylation sites (N-methyl/N-ethyl adjacent to an activating group) is 1. The van der Waals surface area contributed by atoms with Crippen LogP contribution in [0.5, 0.6) is 0 Å². The van der Waals surface area contributed by atoms with Crippen LogP contribution in [-0.4, -0.2) is 57.0 Å². The Morgan fingerprint density at radius 3 is 2.83 bits per heavy atom. The van der Waals surface area contributed by atoms with Crippen LogP contribution in [0, 0.1) is 0 Å². The van der Waals surface area contributed by atoms with Crippen LogP contribution in [0.4, 0.5) is 33.6 Å². The minimum atomic E-state index is -0.109. The van der Waals surface area contributed by atoms with E-state index in [1.165, 1.54) is 5.56 Å². The predicted molar refractivity (Wildman–Crippen MR) is 159 cm³/mol. The van der Waals surface area contributed by atoms with Crippen LogP contribution in [0.25, 0.3) is 0 Å². The van der Waals surface area contributed by atoms with Gasteiger partial charge in [-0.25, -0.2) is 9.78 Å². The molecule has 9 nitrogen and oxygen atoms in total. The normalized spacial score (nSPS) is 16.5. The number of aromatic nitrogens is 3. The van der Waals surface area contributed by atoms with E-state index >= 15 is 0 Å². The number of pyridine rings is 1. The van der Waals surface area contributed by atoms with Crippen LogP contribution in [0.3, 0.4) is 0 Å². The van der Waals surface area contributed by atoms with Gasteiger partial charge in [0.05, 0.1) is 18.1 Å². The van der Waals surface area contributed by atoms with Gasteiger partial charge in [-0.05, 0) is 60.2 Å². The van der Waals surface area contributed by atoms with Crippen molar-refractivity contribution in [3.05, 3.63) is 94.9 Å². The summed E-state index contributed by atoms with van der Waals surface area (Å²) < 4.78 is 0. The van der Waals surface area contributed by atoms with Crippen LogP contribution >= 0.6 is 11.6 Å². The highest BCUT2D eigenvalue weighted by Crippen LogP contribution is 2.29. The lowest BCUT2D eigenvalue weighted by atomic mass is 10.0. The minimum Gasteiger partial charge on any atom is -0.339 e. The lowest BCUT2D eigenvalue weighted by Crippen LogP contribution is -2.41. The standard InChI is InChI=1S/C30H31ClN8O/c1-38(25-11-12-39(19-25)18-20-5-3-2-4-6-20)30(40)36-27-10-9-23-14-22(27)8-7-21-13-24(16-32-15-21)35-29-33-17-26(31)28(34-23)37-29/h2-6,9-10,13-17,25H,7-8,11-12,18-19H2,1H3,(H,36,40)(H2,33,34,35,37)/t25-/m0/s1. The molecule has 10 heteroatoms. The molecule has 1 atom stereocenters. The average molecular weight is 555 g/mol. The topological polar surface area (TPSA) is 98.3 Å². The van der Waals surface area contributed by atoms with Crippen molar-refractivity contribution in [1.82, 2.24) is 24.8 Å². The number of aryl methyl sites for hydroxylation is 2. The number of hydrogen-bond acceptors (Lipinski definition) is 7. The summed E-state index contributed by atoms with van der Waals surface area (Å²) in [6.07, 6.45) is 7.57. The van der Waals surface area contributed by atoms with Crippen LogP contribution in [0.1, 0.15) is 23.1 Å². The van der Waals surface area contributed by atoms with Gasteiger partial charge >= 0.3 is 6.03 Å². The molecule has 2 aliphatic heterocycles. The van der Waals surface area contributed by atoms with Gasteiger partial charge in [0.25, 0.3) is 0 Å². The Labute approximate surface area is 238 Å². The smallest absolute Gasteiger partial charge is 0.321 e. The van der Waals surface area contributed by atoms with Crippen molar-refractivity contribution in [2.24, 2.45) is 0 Å². The summed E-state index contributed by atoms with van der Waals surface area (Å²) in [7, 11) is 1.88. The number of likely N-dealkylation sites (tertiary alicyclic amines) is 1. The third-order valence-corrected chi connectivity index (χ3v) is 7.73. The molecule has 4 aromatic rings. The van der Waals surface area contributed by atoms with Crippen molar-refractivity contribution in [3.8, 4) is 0 Å². The zero-order chi connectivity index (χ0) is 27.5.